The van der Waals surface area contributed by atoms with Crippen molar-refractivity contribution < 1.29 is 8.42 Å². The van der Waals surface area contributed by atoms with Crippen molar-refractivity contribution in [2.45, 2.75) is 42.9 Å². The predicted octanol–water partition coefficient (Wildman–Crippen LogP) is 2.61. The summed E-state index contributed by atoms with van der Waals surface area (Å²) in [5, 5.41) is 0.398. The van der Waals surface area contributed by atoms with Crippen LogP contribution in [0, 0.1) is 0 Å². The van der Waals surface area contributed by atoms with Gasteiger partial charge >= 0.3 is 0 Å². The van der Waals surface area contributed by atoms with Crippen molar-refractivity contribution in [3.63, 3.8) is 0 Å². The largest absolute Gasteiger partial charge is 0.324 e. The zero-order valence-corrected chi connectivity index (χ0v) is 14.3. The average molecular weight is 329 g/mol. The Morgan fingerprint density at radius 1 is 1.43 bits per heavy atom. The van der Waals surface area contributed by atoms with Gasteiger partial charge in [0.2, 0.25) is 10.0 Å². The van der Waals surface area contributed by atoms with Crippen LogP contribution >= 0.6 is 11.8 Å². The second-order valence-electron chi connectivity index (χ2n) is 5.35. The molecule has 2 unspecified atom stereocenters. The molecule has 1 aliphatic rings. The number of sulfonamides is 1. The molecule has 6 heteroatoms. The quantitative estimate of drug-likeness (QED) is 0.902. The van der Waals surface area contributed by atoms with E-state index < -0.39 is 10.0 Å². The molecule has 2 atom stereocenters. The normalized spacial score (nSPS) is 22.1. The summed E-state index contributed by atoms with van der Waals surface area (Å²) in [7, 11) is -3.40. The van der Waals surface area contributed by atoms with Gasteiger partial charge in [-0.15, -0.1) is 0 Å². The van der Waals surface area contributed by atoms with E-state index in [1.807, 2.05) is 24.8 Å². The minimum atomic E-state index is -3.40. The van der Waals surface area contributed by atoms with E-state index >= 15 is 0 Å². The molecule has 1 aliphatic heterocycles. The fraction of sp³-hybridized carbons (Fsp3) is 0.600. The summed E-state index contributed by atoms with van der Waals surface area (Å²) in [6.45, 7) is 5.30. The van der Waals surface area contributed by atoms with Gasteiger partial charge in [-0.1, -0.05) is 26.0 Å². The Labute approximate surface area is 132 Å². The van der Waals surface area contributed by atoms with Crippen molar-refractivity contribution in [3.05, 3.63) is 29.8 Å². The van der Waals surface area contributed by atoms with Crippen LogP contribution in [0.1, 0.15) is 38.3 Å². The first-order chi connectivity index (χ1) is 9.98. The van der Waals surface area contributed by atoms with E-state index in [-0.39, 0.29) is 6.04 Å². The third kappa shape index (κ3) is 3.80. The Morgan fingerprint density at radius 3 is 2.86 bits per heavy atom. The molecule has 0 saturated carbocycles. The topological polar surface area (TPSA) is 63.4 Å². The maximum absolute atomic E-state index is 12.8. The number of nitrogens with two attached hydrogens (primary N) is 1. The smallest absolute Gasteiger partial charge is 0.243 e. The number of thioether (sulfide) groups is 1. The zero-order valence-electron chi connectivity index (χ0n) is 12.7. The summed E-state index contributed by atoms with van der Waals surface area (Å²) >= 11 is 1.86. The monoisotopic (exact) mass is 328 g/mol. The molecule has 1 aromatic carbocycles. The standard InChI is InChI=1S/C15H24N2O2S2/c1-3-13-11-17(8-9-20-13)21(18,19)14-7-5-6-12(10-14)15(16)4-2/h5-7,10,13,15H,3-4,8-9,11,16H2,1-2H3. The molecule has 0 aliphatic carbocycles. The van der Waals surface area contributed by atoms with Crippen LogP contribution in [0.15, 0.2) is 29.2 Å². The highest BCUT2D eigenvalue weighted by atomic mass is 32.2. The lowest BCUT2D eigenvalue weighted by atomic mass is 10.1. The van der Waals surface area contributed by atoms with E-state index in [1.165, 1.54) is 0 Å². The molecule has 0 aromatic heterocycles. The third-order valence-corrected chi connectivity index (χ3v) is 7.15. The predicted molar refractivity (Wildman–Crippen MR) is 89.0 cm³/mol. The fourth-order valence-electron chi connectivity index (χ4n) is 2.45. The number of rotatable bonds is 5. The molecule has 1 fully saturated rings. The Bertz CT molecular complexity index is 575. The first kappa shape index (κ1) is 16.8. The molecule has 1 saturated heterocycles. The highest BCUT2D eigenvalue weighted by Crippen LogP contribution is 2.27. The zero-order chi connectivity index (χ0) is 15.5. The van der Waals surface area contributed by atoms with E-state index in [1.54, 1.807) is 22.5 Å². The molecule has 0 bridgehead atoms. The highest BCUT2D eigenvalue weighted by molar-refractivity contribution is 8.00. The molecule has 0 radical (unpaired) electrons. The number of nitrogens with zero attached hydrogens (tertiary/aromatic N) is 1. The van der Waals surface area contributed by atoms with Crippen molar-refractivity contribution in [2.75, 3.05) is 18.8 Å². The summed E-state index contributed by atoms with van der Waals surface area (Å²) < 4.78 is 27.2. The van der Waals surface area contributed by atoms with Gasteiger partial charge in [0.25, 0.3) is 0 Å². The van der Waals surface area contributed by atoms with Crippen LogP contribution in [0.25, 0.3) is 0 Å². The average Bonchev–Trinajstić information content (AvgIpc) is 2.54. The van der Waals surface area contributed by atoms with Crippen molar-refractivity contribution in [3.8, 4) is 0 Å². The summed E-state index contributed by atoms with van der Waals surface area (Å²) in [5.74, 6) is 0.867. The van der Waals surface area contributed by atoms with E-state index in [0.717, 1.165) is 24.2 Å². The second kappa shape index (κ2) is 7.13. The maximum Gasteiger partial charge on any atom is 0.243 e. The van der Waals surface area contributed by atoms with Crippen molar-refractivity contribution in [2.24, 2.45) is 5.73 Å². The van der Waals surface area contributed by atoms with Crippen LogP contribution < -0.4 is 5.73 Å². The van der Waals surface area contributed by atoms with E-state index in [9.17, 15) is 8.42 Å². The molecule has 4 nitrogen and oxygen atoms in total. The lowest BCUT2D eigenvalue weighted by Gasteiger charge is -2.31. The van der Waals surface area contributed by atoms with Crippen LogP contribution in [-0.4, -0.2) is 36.8 Å². The van der Waals surface area contributed by atoms with Crippen molar-refractivity contribution >= 4 is 21.8 Å². The van der Waals surface area contributed by atoms with Crippen LogP contribution in [0.2, 0.25) is 0 Å². The van der Waals surface area contributed by atoms with Crippen LogP contribution in [-0.2, 0) is 10.0 Å². The molecule has 1 heterocycles. The molecule has 118 valence electrons. The van der Waals surface area contributed by atoms with Crippen molar-refractivity contribution in [1.29, 1.82) is 0 Å². The lowest BCUT2D eigenvalue weighted by Crippen LogP contribution is -2.41. The van der Waals surface area contributed by atoms with Gasteiger partial charge in [0.05, 0.1) is 4.90 Å². The Hall–Kier alpha value is -0.560. The van der Waals surface area contributed by atoms with Crippen LogP contribution in [0.4, 0.5) is 0 Å². The molecule has 1 aromatic rings. The number of benzene rings is 1. The van der Waals surface area contributed by atoms with E-state index in [4.69, 9.17) is 5.73 Å². The van der Waals surface area contributed by atoms with E-state index in [2.05, 4.69) is 6.92 Å². The first-order valence-corrected chi connectivity index (χ1v) is 9.95. The highest BCUT2D eigenvalue weighted by Gasteiger charge is 2.30. The van der Waals surface area contributed by atoms with E-state index in [0.29, 0.717) is 23.2 Å². The molecule has 2 N–H and O–H groups in total. The lowest BCUT2D eigenvalue weighted by molar-refractivity contribution is 0.416. The minimum absolute atomic E-state index is 0.111. The summed E-state index contributed by atoms with van der Waals surface area (Å²) in [6.07, 6.45) is 1.79. The molecule has 21 heavy (non-hydrogen) atoms. The van der Waals surface area contributed by atoms with Gasteiger partial charge in [-0.3, -0.25) is 0 Å². The SMILES string of the molecule is CCC1CN(S(=O)(=O)c2cccc(C(N)CC)c2)CCS1. The maximum atomic E-state index is 12.8. The molecular formula is C15H24N2O2S2. The second-order valence-corrected chi connectivity index (χ2v) is 8.70. The number of hydrogen-bond acceptors (Lipinski definition) is 4. The summed E-state index contributed by atoms with van der Waals surface area (Å²) in [5.41, 5.74) is 6.90. The van der Waals surface area contributed by atoms with Gasteiger partial charge in [-0.25, -0.2) is 8.42 Å². The van der Waals surface area contributed by atoms with Gasteiger partial charge in [0.15, 0.2) is 0 Å². The third-order valence-electron chi connectivity index (χ3n) is 3.92. The summed E-state index contributed by atoms with van der Waals surface area (Å²) in [4.78, 5) is 0.366. The summed E-state index contributed by atoms with van der Waals surface area (Å²) in [6, 6.07) is 6.97. The molecule has 2 rings (SSSR count). The Balaban J connectivity index is 2.27. The van der Waals surface area contributed by atoms with Crippen LogP contribution in [0.3, 0.4) is 0 Å². The van der Waals surface area contributed by atoms with Gasteiger partial charge in [0.1, 0.15) is 0 Å². The van der Waals surface area contributed by atoms with Crippen molar-refractivity contribution in [1.82, 2.24) is 4.31 Å². The minimum Gasteiger partial charge on any atom is -0.324 e. The van der Waals surface area contributed by atoms with Crippen LogP contribution in [0.5, 0.6) is 0 Å². The fourth-order valence-corrected chi connectivity index (χ4v) is 5.38. The molecule has 0 amide bonds. The van der Waals surface area contributed by atoms with Gasteiger partial charge in [-0.2, -0.15) is 16.1 Å². The molecular weight excluding hydrogens is 304 g/mol. The number of hydrogen-bond donors (Lipinski definition) is 1. The van der Waals surface area contributed by atoms with Gasteiger partial charge in [-0.05, 0) is 30.5 Å². The Kier molecular flexibility index (Phi) is 5.71. The molecule has 0 spiro atoms. The van der Waals surface area contributed by atoms with Gasteiger partial charge in [0, 0.05) is 30.1 Å². The Morgan fingerprint density at radius 2 is 2.19 bits per heavy atom. The first-order valence-electron chi connectivity index (χ1n) is 7.46. The van der Waals surface area contributed by atoms with Gasteiger partial charge < -0.3 is 5.73 Å².